The number of hydrogen-bond acceptors (Lipinski definition) is 3. The number of ether oxygens (including phenoxy) is 1. The van der Waals surface area contributed by atoms with Crippen LogP contribution in [0.5, 0.6) is 0 Å². The number of rotatable bonds is 4. The summed E-state index contributed by atoms with van der Waals surface area (Å²) in [5.74, 6) is 0.847. The summed E-state index contributed by atoms with van der Waals surface area (Å²) in [6.45, 7) is 9.23. The van der Waals surface area contributed by atoms with E-state index in [1.807, 2.05) is 7.05 Å². The minimum Gasteiger partial charge on any atom is -0.371 e. The Hall–Kier alpha value is -0.120. The quantitative estimate of drug-likeness (QED) is 0.786. The van der Waals surface area contributed by atoms with Crippen LogP contribution < -0.4 is 5.32 Å². The third-order valence-corrected chi connectivity index (χ3v) is 3.88. The first-order chi connectivity index (χ1) is 7.59. The van der Waals surface area contributed by atoms with Crippen molar-refractivity contribution in [2.45, 2.75) is 44.8 Å². The molecule has 0 aromatic carbocycles. The zero-order chi connectivity index (χ0) is 11.6. The fraction of sp³-hybridized carbons (Fsp3) is 1.00. The second-order valence-corrected chi connectivity index (χ2v) is 6.01. The predicted octanol–water partition coefficient (Wildman–Crippen LogP) is 1.49. The van der Waals surface area contributed by atoms with Crippen molar-refractivity contribution in [3.63, 3.8) is 0 Å². The van der Waals surface area contributed by atoms with Crippen LogP contribution in [0.15, 0.2) is 0 Å². The highest BCUT2D eigenvalue weighted by Gasteiger charge is 2.33. The van der Waals surface area contributed by atoms with E-state index in [-0.39, 0.29) is 5.60 Å². The molecule has 2 aliphatic heterocycles. The molecule has 1 N–H and O–H groups in total. The molecule has 2 unspecified atom stereocenters. The minimum atomic E-state index is 0.120. The van der Waals surface area contributed by atoms with Crippen LogP contribution in [0.4, 0.5) is 0 Å². The molecular weight excluding hydrogens is 200 g/mol. The number of nitrogens with zero attached hydrogens (tertiary/aromatic N) is 1. The van der Waals surface area contributed by atoms with E-state index in [9.17, 15) is 0 Å². The van der Waals surface area contributed by atoms with Gasteiger partial charge in [0.05, 0.1) is 11.7 Å². The summed E-state index contributed by atoms with van der Waals surface area (Å²) in [7, 11) is 2.05. The maximum Gasteiger partial charge on any atom is 0.0710 e. The van der Waals surface area contributed by atoms with E-state index in [0.29, 0.717) is 6.10 Å². The first-order valence-electron chi connectivity index (χ1n) is 6.64. The predicted molar refractivity (Wildman–Crippen MR) is 66.7 cm³/mol. The topological polar surface area (TPSA) is 24.5 Å². The van der Waals surface area contributed by atoms with Gasteiger partial charge in [-0.1, -0.05) is 0 Å². The molecule has 2 atom stereocenters. The molecule has 0 aromatic rings. The summed E-state index contributed by atoms with van der Waals surface area (Å²) in [5, 5.41) is 3.28. The molecule has 0 radical (unpaired) electrons. The maximum atomic E-state index is 6.05. The van der Waals surface area contributed by atoms with E-state index in [1.165, 1.54) is 32.4 Å². The summed E-state index contributed by atoms with van der Waals surface area (Å²) in [5.41, 5.74) is 0.120. The van der Waals surface area contributed by atoms with Crippen LogP contribution in [0.1, 0.15) is 33.1 Å². The van der Waals surface area contributed by atoms with Gasteiger partial charge in [0.25, 0.3) is 0 Å². The summed E-state index contributed by atoms with van der Waals surface area (Å²) in [4.78, 5) is 2.58. The van der Waals surface area contributed by atoms with E-state index in [1.54, 1.807) is 0 Å². The minimum absolute atomic E-state index is 0.120. The van der Waals surface area contributed by atoms with E-state index in [4.69, 9.17) is 4.74 Å². The smallest absolute Gasteiger partial charge is 0.0710 e. The zero-order valence-corrected chi connectivity index (χ0v) is 11.0. The maximum absolute atomic E-state index is 6.05. The van der Waals surface area contributed by atoms with Gasteiger partial charge < -0.3 is 15.0 Å². The lowest BCUT2D eigenvalue weighted by molar-refractivity contribution is -0.0265. The third kappa shape index (κ3) is 3.19. The van der Waals surface area contributed by atoms with Crippen molar-refractivity contribution in [3.05, 3.63) is 0 Å². The van der Waals surface area contributed by atoms with Crippen molar-refractivity contribution in [1.29, 1.82) is 0 Å². The van der Waals surface area contributed by atoms with Crippen LogP contribution >= 0.6 is 0 Å². The Morgan fingerprint density at radius 1 is 1.38 bits per heavy atom. The van der Waals surface area contributed by atoms with E-state index in [2.05, 4.69) is 24.1 Å². The molecule has 0 aliphatic carbocycles. The molecule has 0 saturated carbocycles. The summed E-state index contributed by atoms with van der Waals surface area (Å²) < 4.78 is 6.05. The van der Waals surface area contributed by atoms with Gasteiger partial charge in [-0.15, -0.1) is 0 Å². The average molecular weight is 226 g/mol. The lowest BCUT2D eigenvalue weighted by atomic mass is 10.1. The van der Waals surface area contributed by atoms with Gasteiger partial charge in [0.15, 0.2) is 0 Å². The molecule has 16 heavy (non-hydrogen) atoms. The lowest BCUT2D eigenvalue weighted by Gasteiger charge is -2.23. The monoisotopic (exact) mass is 226 g/mol. The van der Waals surface area contributed by atoms with Gasteiger partial charge in [-0.3, -0.25) is 0 Å². The van der Waals surface area contributed by atoms with E-state index >= 15 is 0 Å². The molecule has 0 spiro atoms. The average Bonchev–Trinajstić information content (AvgIpc) is 2.75. The van der Waals surface area contributed by atoms with E-state index < -0.39 is 0 Å². The highest BCUT2D eigenvalue weighted by atomic mass is 16.5. The van der Waals surface area contributed by atoms with E-state index in [0.717, 1.165) is 19.0 Å². The SMILES string of the molecule is CNCC1CCN(CC2CCC(C)(C)O2)C1. The Morgan fingerprint density at radius 2 is 2.19 bits per heavy atom. The fourth-order valence-corrected chi connectivity index (χ4v) is 3.03. The fourth-order valence-electron chi connectivity index (χ4n) is 3.03. The van der Waals surface area contributed by atoms with Gasteiger partial charge in [-0.2, -0.15) is 0 Å². The van der Waals surface area contributed by atoms with Crippen LogP contribution in [-0.2, 0) is 4.74 Å². The first kappa shape index (κ1) is 12.3. The molecule has 0 amide bonds. The Kier molecular flexibility index (Phi) is 3.88. The van der Waals surface area contributed by atoms with Crippen molar-refractivity contribution < 1.29 is 4.74 Å². The second kappa shape index (κ2) is 5.03. The highest BCUT2D eigenvalue weighted by Crippen LogP contribution is 2.30. The van der Waals surface area contributed by atoms with Crippen LogP contribution in [0.25, 0.3) is 0 Å². The molecule has 94 valence electrons. The number of hydrogen-bond donors (Lipinski definition) is 1. The Labute approximate surface area is 99.5 Å². The molecule has 3 heteroatoms. The van der Waals surface area contributed by atoms with Gasteiger partial charge in [0, 0.05) is 13.1 Å². The molecular formula is C13H26N2O. The van der Waals surface area contributed by atoms with Crippen molar-refractivity contribution in [2.75, 3.05) is 33.2 Å². The van der Waals surface area contributed by atoms with Crippen LogP contribution in [0.2, 0.25) is 0 Å². The molecule has 2 rings (SSSR count). The van der Waals surface area contributed by atoms with Crippen LogP contribution in [-0.4, -0.2) is 49.8 Å². The highest BCUT2D eigenvalue weighted by molar-refractivity contribution is 4.85. The summed E-state index contributed by atoms with van der Waals surface area (Å²) in [6, 6.07) is 0. The van der Waals surface area contributed by atoms with Gasteiger partial charge in [-0.25, -0.2) is 0 Å². The summed E-state index contributed by atoms with van der Waals surface area (Å²) in [6.07, 6.45) is 4.27. The Bertz CT molecular complexity index is 230. The third-order valence-electron chi connectivity index (χ3n) is 3.88. The van der Waals surface area contributed by atoms with Crippen molar-refractivity contribution in [2.24, 2.45) is 5.92 Å². The first-order valence-corrected chi connectivity index (χ1v) is 6.64. The largest absolute Gasteiger partial charge is 0.371 e. The number of nitrogens with one attached hydrogen (secondary N) is 1. The molecule has 2 aliphatic rings. The molecule has 2 saturated heterocycles. The van der Waals surface area contributed by atoms with Gasteiger partial charge >= 0.3 is 0 Å². The molecule has 0 bridgehead atoms. The molecule has 3 nitrogen and oxygen atoms in total. The Morgan fingerprint density at radius 3 is 2.81 bits per heavy atom. The normalized spacial score (nSPS) is 34.7. The Balaban J connectivity index is 1.71. The van der Waals surface area contributed by atoms with Gasteiger partial charge in [0.1, 0.15) is 0 Å². The van der Waals surface area contributed by atoms with Crippen molar-refractivity contribution >= 4 is 0 Å². The number of likely N-dealkylation sites (tertiary alicyclic amines) is 1. The van der Waals surface area contributed by atoms with Crippen LogP contribution in [0, 0.1) is 5.92 Å². The van der Waals surface area contributed by atoms with Gasteiger partial charge in [-0.05, 0) is 59.2 Å². The zero-order valence-electron chi connectivity index (χ0n) is 11.0. The molecule has 0 aromatic heterocycles. The standard InChI is InChI=1S/C13H26N2O/c1-13(2)6-4-12(16-13)10-15-7-5-11(9-15)8-14-3/h11-12,14H,4-10H2,1-3H3. The van der Waals surface area contributed by atoms with Crippen molar-refractivity contribution in [1.82, 2.24) is 10.2 Å². The molecule has 2 heterocycles. The summed E-state index contributed by atoms with van der Waals surface area (Å²) >= 11 is 0. The second-order valence-electron chi connectivity index (χ2n) is 6.01. The van der Waals surface area contributed by atoms with Gasteiger partial charge in [0.2, 0.25) is 0 Å². The lowest BCUT2D eigenvalue weighted by Crippen LogP contribution is -2.33. The molecule has 2 fully saturated rings. The van der Waals surface area contributed by atoms with Crippen LogP contribution in [0.3, 0.4) is 0 Å². The van der Waals surface area contributed by atoms with Crippen molar-refractivity contribution in [3.8, 4) is 0 Å².